The number of ether oxygens (including phenoxy) is 2. The number of likely N-dealkylation sites (N-methyl/N-ethyl adjacent to an activating group) is 1. The van der Waals surface area contributed by atoms with Crippen molar-refractivity contribution in [2.24, 2.45) is 5.92 Å². The van der Waals surface area contributed by atoms with Crippen molar-refractivity contribution in [1.82, 2.24) is 4.90 Å². The number of benzene rings is 1. The smallest absolute Gasteiger partial charge is 0.165 e. The number of alkyl halides is 1. The second-order valence-corrected chi connectivity index (χ2v) is 7.97. The predicted molar refractivity (Wildman–Crippen MR) is 86.2 cm³/mol. The van der Waals surface area contributed by atoms with E-state index in [2.05, 4.69) is 24.1 Å². The number of nitrogens with zero attached hydrogens (tertiary/aromatic N) is 1. The van der Waals surface area contributed by atoms with E-state index >= 15 is 0 Å². The number of halogens is 1. The molecule has 2 aliphatic carbocycles. The Balaban J connectivity index is 1.80. The molecular formula is C18H22ClNO2. The van der Waals surface area contributed by atoms with Crippen LogP contribution in [0.5, 0.6) is 11.5 Å². The largest absolute Gasteiger partial charge is 0.493 e. The van der Waals surface area contributed by atoms with Crippen LogP contribution in [0, 0.1) is 5.92 Å². The van der Waals surface area contributed by atoms with Gasteiger partial charge in [0.05, 0.1) is 12.5 Å². The van der Waals surface area contributed by atoms with Crippen molar-refractivity contribution >= 4 is 11.6 Å². The van der Waals surface area contributed by atoms with Crippen molar-refractivity contribution in [3.8, 4) is 11.5 Å². The first-order valence-electron chi connectivity index (χ1n) is 8.38. The molecule has 0 radical (unpaired) electrons. The standard InChI is InChI=1S/C18H22ClNO2/c1-20-8-7-18-11-4-5-12(19)17(18)22-16-14(21-2)6-3-10(15(16)18)9-13(11)20/h3,6,11-13,17H,4-5,7-9H2,1-2H3. The summed E-state index contributed by atoms with van der Waals surface area (Å²) in [5.41, 5.74) is 3.02. The van der Waals surface area contributed by atoms with E-state index in [0.29, 0.717) is 12.0 Å². The highest BCUT2D eigenvalue weighted by Crippen LogP contribution is 2.64. The monoisotopic (exact) mass is 319 g/mol. The lowest BCUT2D eigenvalue weighted by Gasteiger charge is -2.58. The van der Waals surface area contributed by atoms with E-state index < -0.39 is 0 Å². The fourth-order valence-corrected chi connectivity index (χ4v) is 6.23. The van der Waals surface area contributed by atoms with Gasteiger partial charge >= 0.3 is 0 Å². The average Bonchev–Trinajstić information content (AvgIpc) is 2.88. The maximum Gasteiger partial charge on any atom is 0.165 e. The number of piperidine rings is 1. The summed E-state index contributed by atoms with van der Waals surface area (Å²) in [5.74, 6) is 2.54. The molecule has 2 bridgehead atoms. The fourth-order valence-electron chi connectivity index (χ4n) is 5.82. The second-order valence-electron chi connectivity index (χ2n) is 7.41. The second kappa shape index (κ2) is 4.33. The molecule has 2 heterocycles. The number of hydrogen-bond donors (Lipinski definition) is 0. The lowest BCUT2D eigenvalue weighted by molar-refractivity contribution is -0.0406. The SMILES string of the molecule is COc1ccc2c3c1OC1C(Cl)CCC4C(C2)N(C)CCC341. The predicted octanol–water partition coefficient (Wildman–Crippen LogP) is 2.97. The summed E-state index contributed by atoms with van der Waals surface area (Å²) in [7, 11) is 4.02. The molecular weight excluding hydrogens is 298 g/mol. The van der Waals surface area contributed by atoms with Crippen LogP contribution in [0.4, 0.5) is 0 Å². The van der Waals surface area contributed by atoms with Crippen LogP contribution in [0.15, 0.2) is 12.1 Å². The first kappa shape index (κ1) is 13.5. The minimum absolute atomic E-state index is 0.114. The van der Waals surface area contributed by atoms with Gasteiger partial charge in [0.1, 0.15) is 6.10 Å². The topological polar surface area (TPSA) is 21.7 Å². The zero-order chi connectivity index (χ0) is 15.1. The van der Waals surface area contributed by atoms with Gasteiger partial charge < -0.3 is 14.4 Å². The molecule has 2 aliphatic heterocycles. The van der Waals surface area contributed by atoms with Crippen LogP contribution in [0.25, 0.3) is 0 Å². The van der Waals surface area contributed by atoms with Gasteiger partial charge in [-0.05, 0) is 56.8 Å². The molecule has 0 N–H and O–H groups in total. The van der Waals surface area contributed by atoms with Crippen LogP contribution in [-0.4, -0.2) is 43.1 Å². The minimum Gasteiger partial charge on any atom is -0.493 e. The van der Waals surface area contributed by atoms with Crippen LogP contribution in [0.1, 0.15) is 30.4 Å². The maximum atomic E-state index is 6.74. The van der Waals surface area contributed by atoms with Gasteiger partial charge in [-0.3, -0.25) is 0 Å². The molecule has 118 valence electrons. The summed E-state index contributed by atoms with van der Waals surface area (Å²) in [4.78, 5) is 2.56. The number of likely N-dealkylation sites (tertiary alicyclic amines) is 1. The Morgan fingerprint density at radius 3 is 3.05 bits per heavy atom. The maximum absolute atomic E-state index is 6.74. The Hall–Kier alpha value is -0.930. The highest BCUT2D eigenvalue weighted by Gasteiger charge is 2.65. The zero-order valence-electron chi connectivity index (χ0n) is 13.1. The van der Waals surface area contributed by atoms with Crippen molar-refractivity contribution in [2.75, 3.05) is 20.7 Å². The van der Waals surface area contributed by atoms with Gasteiger partial charge in [0.25, 0.3) is 0 Å². The molecule has 1 saturated heterocycles. The van der Waals surface area contributed by atoms with E-state index in [-0.39, 0.29) is 16.9 Å². The first-order valence-corrected chi connectivity index (χ1v) is 8.82. The van der Waals surface area contributed by atoms with E-state index in [0.717, 1.165) is 37.3 Å². The average molecular weight is 320 g/mol. The quantitative estimate of drug-likeness (QED) is 0.743. The Morgan fingerprint density at radius 1 is 1.36 bits per heavy atom. The third-order valence-electron chi connectivity index (χ3n) is 6.73. The highest BCUT2D eigenvalue weighted by atomic mass is 35.5. The normalized spacial score (nSPS) is 41.8. The molecule has 5 atom stereocenters. The van der Waals surface area contributed by atoms with Crippen LogP contribution in [-0.2, 0) is 11.8 Å². The lowest BCUT2D eigenvalue weighted by atomic mass is 9.52. The summed E-state index contributed by atoms with van der Waals surface area (Å²) in [6.45, 7) is 1.14. The van der Waals surface area contributed by atoms with Crippen molar-refractivity contribution in [2.45, 2.75) is 48.6 Å². The molecule has 5 rings (SSSR count). The molecule has 5 unspecified atom stereocenters. The van der Waals surface area contributed by atoms with Gasteiger partial charge in [-0.1, -0.05) is 6.07 Å². The van der Waals surface area contributed by atoms with Crippen molar-refractivity contribution in [1.29, 1.82) is 0 Å². The summed E-state index contributed by atoms with van der Waals surface area (Å²) >= 11 is 6.74. The molecule has 0 amide bonds. The number of methoxy groups -OCH3 is 1. The summed E-state index contributed by atoms with van der Waals surface area (Å²) in [6, 6.07) is 4.96. The molecule has 4 aliphatic rings. The molecule has 0 aromatic heterocycles. The Bertz CT molecular complexity index is 648. The van der Waals surface area contributed by atoms with Crippen molar-refractivity contribution < 1.29 is 9.47 Å². The third-order valence-corrected chi connectivity index (χ3v) is 7.17. The van der Waals surface area contributed by atoms with Gasteiger partial charge in [0, 0.05) is 17.0 Å². The van der Waals surface area contributed by atoms with E-state index in [1.54, 1.807) is 7.11 Å². The summed E-state index contributed by atoms with van der Waals surface area (Å²) in [6.07, 6.45) is 4.70. The summed E-state index contributed by atoms with van der Waals surface area (Å²) < 4.78 is 12.1. The Labute approximate surface area is 136 Å². The van der Waals surface area contributed by atoms with Crippen LogP contribution in [0.3, 0.4) is 0 Å². The van der Waals surface area contributed by atoms with Crippen molar-refractivity contribution in [3.63, 3.8) is 0 Å². The molecule has 3 nitrogen and oxygen atoms in total. The first-order chi connectivity index (χ1) is 10.7. The van der Waals surface area contributed by atoms with Gasteiger partial charge in [-0.25, -0.2) is 0 Å². The Kier molecular flexibility index (Phi) is 2.66. The zero-order valence-corrected chi connectivity index (χ0v) is 13.9. The van der Waals surface area contributed by atoms with Gasteiger partial charge in [0.2, 0.25) is 0 Å². The van der Waals surface area contributed by atoms with E-state index in [1.165, 1.54) is 17.5 Å². The third kappa shape index (κ3) is 1.38. The molecule has 1 aromatic rings. The fraction of sp³-hybridized carbons (Fsp3) is 0.667. The van der Waals surface area contributed by atoms with Crippen molar-refractivity contribution in [3.05, 3.63) is 23.3 Å². The summed E-state index contributed by atoms with van der Waals surface area (Å²) in [5, 5.41) is 0.114. The Morgan fingerprint density at radius 2 is 2.23 bits per heavy atom. The van der Waals surface area contributed by atoms with Crippen LogP contribution in [0.2, 0.25) is 0 Å². The van der Waals surface area contributed by atoms with Gasteiger partial charge in [-0.2, -0.15) is 0 Å². The number of hydrogen-bond acceptors (Lipinski definition) is 3. The molecule has 2 fully saturated rings. The van der Waals surface area contributed by atoms with Crippen LogP contribution < -0.4 is 9.47 Å². The van der Waals surface area contributed by atoms with E-state index in [1.807, 2.05) is 0 Å². The van der Waals surface area contributed by atoms with Crippen LogP contribution >= 0.6 is 11.6 Å². The number of rotatable bonds is 1. The van der Waals surface area contributed by atoms with Gasteiger partial charge in [-0.15, -0.1) is 11.6 Å². The van der Waals surface area contributed by atoms with E-state index in [9.17, 15) is 0 Å². The molecule has 22 heavy (non-hydrogen) atoms. The van der Waals surface area contributed by atoms with E-state index in [4.69, 9.17) is 21.1 Å². The highest BCUT2D eigenvalue weighted by molar-refractivity contribution is 6.21. The molecule has 1 aromatic carbocycles. The van der Waals surface area contributed by atoms with Gasteiger partial charge in [0.15, 0.2) is 11.5 Å². The molecule has 1 saturated carbocycles. The lowest BCUT2D eigenvalue weighted by Crippen LogP contribution is -2.65. The molecule has 4 heteroatoms. The molecule has 1 spiro atoms. The minimum atomic E-state index is 0.114.